The number of hydrogen-bond acceptors (Lipinski definition) is 3. The van der Waals surface area contributed by atoms with E-state index < -0.39 is 10.0 Å². The van der Waals surface area contributed by atoms with Gasteiger partial charge in [0.25, 0.3) is 15.9 Å². The van der Waals surface area contributed by atoms with E-state index in [0.29, 0.717) is 22.8 Å². The maximum atomic E-state index is 12.8. The van der Waals surface area contributed by atoms with Crippen molar-refractivity contribution in [2.24, 2.45) is 0 Å². The molecule has 0 bridgehead atoms. The van der Waals surface area contributed by atoms with Crippen LogP contribution in [0.5, 0.6) is 0 Å². The molecule has 0 N–H and O–H groups in total. The Morgan fingerprint density at radius 2 is 1.45 bits per heavy atom. The average molecular weight is 429 g/mol. The first kappa shape index (κ1) is 20.9. The van der Waals surface area contributed by atoms with Gasteiger partial charge in [-0.25, -0.2) is 8.42 Å². The Morgan fingerprint density at radius 3 is 2.03 bits per heavy atom. The van der Waals surface area contributed by atoms with Crippen molar-refractivity contribution in [3.63, 3.8) is 0 Å². The quantitative estimate of drug-likeness (QED) is 0.583. The van der Waals surface area contributed by atoms with Gasteiger partial charge in [-0.1, -0.05) is 41.9 Å². The second-order valence-corrected chi connectivity index (χ2v) is 9.03. The third-order valence-corrected chi connectivity index (χ3v) is 6.61. The van der Waals surface area contributed by atoms with Crippen molar-refractivity contribution in [2.75, 3.05) is 18.4 Å². The Labute approximate surface area is 176 Å². The largest absolute Gasteiger partial charge is 0.337 e. The van der Waals surface area contributed by atoms with Crippen LogP contribution in [-0.4, -0.2) is 33.3 Å². The molecule has 0 spiro atoms. The van der Waals surface area contributed by atoms with E-state index in [9.17, 15) is 13.2 Å². The number of carbonyl (C=O) groups excluding carboxylic acids is 1. The fourth-order valence-electron chi connectivity index (χ4n) is 2.86. The molecule has 5 nitrogen and oxygen atoms in total. The van der Waals surface area contributed by atoms with E-state index in [0.717, 1.165) is 5.56 Å². The standard InChI is InChI=1S/C22H21ClN2O3S/c1-24(16-17-8-12-19(23)13-9-17)22(26)18-10-14-21(15-11-18)29(27,28)25(2)20-6-4-3-5-7-20/h3-15H,16H2,1-2H3. The summed E-state index contributed by atoms with van der Waals surface area (Å²) in [6, 6.07) is 22.1. The SMILES string of the molecule is CN(Cc1ccc(Cl)cc1)C(=O)c1ccc(S(=O)(=O)N(C)c2ccccc2)cc1. The van der Waals surface area contributed by atoms with Crippen molar-refractivity contribution in [1.82, 2.24) is 4.90 Å². The maximum absolute atomic E-state index is 12.8. The van der Waals surface area contributed by atoms with Gasteiger partial charge in [-0.2, -0.15) is 0 Å². The number of hydrogen-bond donors (Lipinski definition) is 0. The van der Waals surface area contributed by atoms with E-state index in [1.807, 2.05) is 18.2 Å². The molecule has 29 heavy (non-hydrogen) atoms. The van der Waals surface area contributed by atoms with E-state index >= 15 is 0 Å². The molecular weight excluding hydrogens is 408 g/mol. The molecule has 0 radical (unpaired) electrons. The highest BCUT2D eigenvalue weighted by Crippen LogP contribution is 2.22. The summed E-state index contributed by atoms with van der Waals surface area (Å²) in [7, 11) is -0.509. The van der Waals surface area contributed by atoms with E-state index in [1.54, 1.807) is 48.3 Å². The molecule has 0 fully saturated rings. The van der Waals surface area contributed by atoms with Crippen LogP contribution in [0.15, 0.2) is 83.8 Å². The average Bonchev–Trinajstić information content (AvgIpc) is 2.75. The lowest BCUT2D eigenvalue weighted by Gasteiger charge is -2.20. The van der Waals surface area contributed by atoms with E-state index in [1.165, 1.54) is 35.6 Å². The smallest absolute Gasteiger partial charge is 0.264 e. The highest BCUT2D eigenvalue weighted by atomic mass is 35.5. The van der Waals surface area contributed by atoms with Gasteiger partial charge in [-0.05, 0) is 54.1 Å². The molecule has 0 saturated carbocycles. The number of nitrogens with zero attached hydrogens (tertiary/aromatic N) is 2. The van der Waals surface area contributed by atoms with E-state index in [2.05, 4.69) is 0 Å². The summed E-state index contributed by atoms with van der Waals surface area (Å²) in [6.45, 7) is 0.423. The highest BCUT2D eigenvalue weighted by molar-refractivity contribution is 7.92. The number of sulfonamides is 1. The molecule has 0 aliphatic heterocycles. The first-order valence-corrected chi connectivity index (χ1v) is 10.7. The molecule has 3 aromatic rings. The van der Waals surface area contributed by atoms with Gasteiger partial charge in [-0.15, -0.1) is 0 Å². The molecule has 1 amide bonds. The number of para-hydroxylation sites is 1. The van der Waals surface area contributed by atoms with Crippen LogP contribution in [0.4, 0.5) is 5.69 Å². The monoisotopic (exact) mass is 428 g/mol. The maximum Gasteiger partial charge on any atom is 0.264 e. The predicted octanol–water partition coefficient (Wildman–Crippen LogP) is 4.44. The highest BCUT2D eigenvalue weighted by Gasteiger charge is 2.22. The molecule has 7 heteroatoms. The van der Waals surface area contributed by atoms with Gasteiger partial charge in [0.15, 0.2) is 0 Å². The van der Waals surface area contributed by atoms with Crippen LogP contribution in [0, 0.1) is 0 Å². The Hall–Kier alpha value is -2.83. The van der Waals surface area contributed by atoms with Gasteiger partial charge in [0.2, 0.25) is 0 Å². The van der Waals surface area contributed by atoms with Crippen molar-refractivity contribution < 1.29 is 13.2 Å². The topological polar surface area (TPSA) is 57.7 Å². The first-order valence-electron chi connectivity index (χ1n) is 8.93. The fraction of sp³-hybridized carbons (Fsp3) is 0.136. The number of carbonyl (C=O) groups is 1. The number of amides is 1. The zero-order valence-corrected chi connectivity index (χ0v) is 17.7. The summed E-state index contributed by atoms with van der Waals surface area (Å²) in [6.07, 6.45) is 0. The molecule has 0 atom stereocenters. The zero-order chi connectivity index (χ0) is 21.0. The van der Waals surface area contributed by atoms with Crippen LogP contribution in [0.25, 0.3) is 0 Å². The lowest BCUT2D eigenvalue weighted by atomic mass is 10.1. The Balaban J connectivity index is 1.75. The minimum atomic E-state index is -3.71. The molecule has 0 aliphatic rings. The summed E-state index contributed by atoms with van der Waals surface area (Å²) in [5.41, 5.74) is 1.94. The summed E-state index contributed by atoms with van der Waals surface area (Å²) in [5.74, 6) is -0.194. The lowest BCUT2D eigenvalue weighted by Crippen LogP contribution is -2.27. The number of halogens is 1. The van der Waals surface area contributed by atoms with Crippen LogP contribution in [-0.2, 0) is 16.6 Å². The Bertz CT molecular complexity index is 1080. The zero-order valence-electron chi connectivity index (χ0n) is 16.1. The summed E-state index contributed by atoms with van der Waals surface area (Å²) < 4.78 is 26.9. The van der Waals surface area contributed by atoms with Crippen molar-refractivity contribution in [2.45, 2.75) is 11.4 Å². The molecule has 0 unspecified atom stereocenters. The first-order chi connectivity index (χ1) is 13.8. The summed E-state index contributed by atoms with van der Waals surface area (Å²) >= 11 is 5.89. The Kier molecular flexibility index (Phi) is 6.25. The van der Waals surface area contributed by atoms with E-state index in [4.69, 9.17) is 11.6 Å². The second-order valence-electron chi connectivity index (χ2n) is 6.62. The summed E-state index contributed by atoms with van der Waals surface area (Å²) in [4.78, 5) is 14.4. The van der Waals surface area contributed by atoms with Crippen LogP contribution in [0.2, 0.25) is 5.02 Å². The molecule has 0 saturated heterocycles. The van der Waals surface area contributed by atoms with Gasteiger partial charge in [-0.3, -0.25) is 9.10 Å². The van der Waals surface area contributed by atoms with Gasteiger partial charge < -0.3 is 4.90 Å². The van der Waals surface area contributed by atoms with Crippen molar-refractivity contribution in [3.05, 3.63) is 95.0 Å². The van der Waals surface area contributed by atoms with Crippen LogP contribution >= 0.6 is 11.6 Å². The predicted molar refractivity (Wildman–Crippen MR) is 116 cm³/mol. The number of rotatable bonds is 6. The van der Waals surface area contributed by atoms with Crippen molar-refractivity contribution in [1.29, 1.82) is 0 Å². The van der Waals surface area contributed by atoms with E-state index in [-0.39, 0.29) is 10.8 Å². The molecule has 3 aromatic carbocycles. The molecule has 3 rings (SSSR count). The second kappa shape index (κ2) is 8.68. The minimum absolute atomic E-state index is 0.126. The summed E-state index contributed by atoms with van der Waals surface area (Å²) in [5, 5.41) is 0.639. The van der Waals surface area contributed by atoms with Crippen molar-refractivity contribution >= 4 is 33.2 Å². The third-order valence-electron chi connectivity index (χ3n) is 4.56. The van der Waals surface area contributed by atoms with Gasteiger partial charge in [0.05, 0.1) is 10.6 Å². The molecule has 0 heterocycles. The van der Waals surface area contributed by atoms with Crippen molar-refractivity contribution in [3.8, 4) is 0 Å². The molecule has 0 aromatic heterocycles. The van der Waals surface area contributed by atoms with Crippen LogP contribution in [0.3, 0.4) is 0 Å². The molecule has 150 valence electrons. The van der Waals surface area contributed by atoms with Gasteiger partial charge >= 0.3 is 0 Å². The van der Waals surface area contributed by atoms with Crippen LogP contribution < -0.4 is 4.31 Å². The lowest BCUT2D eigenvalue weighted by molar-refractivity contribution is 0.0785. The van der Waals surface area contributed by atoms with Gasteiger partial charge in [0, 0.05) is 31.2 Å². The molecule has 0 aliphatic carbocycles. The molecular formula is C22H21ClN2O3S. The third kappa shape index (κ3) is 4.78. The van der Waals surface area contributed by atoms with Crippen LogP contribution in [0.1, 0.15) is 15.9 Å². The minimum Gasteiger partial charge on any atom is -0.337 e. The number of benzene rings is 3. The normalized spacial score (nSPS) is 11.1. The number of anilines is 1. The fourth-order valence-corrected chi connectivity index (χ4v) is 4.18. The Morgan fingerprint density at radius 1 is 0.862 bits per heavy atom. The van der Waals surface area contributed by atoms with Gasteiger partial charge in [0.1, 0.15) is 0 Å².